The maximum absolute atomic E-state index is 13.3. The monoisotopic (exact) mass is 465 g/mol. The standard InChI is InChI=1S/C25H24ClN3O4/c1-29(25(31)18-7-10-22-23(15-18)33-16-32-22)20(14-17-5-8-19(26)9-6-17)11-13-28-24(30)21-4-2-3-12-27-21/h2-10,12,15,20H,11,13-14,16H2,1H3,(H,28,30). The number of fused-ring (bicyclic) bond motifs is 1. The summed E-state index contributed by atoms with van der Waals surface area (Å²) < 4.78 is 10.7. The lowest BCUT2D eigenvalue weighted by molar-refractivity contribution is 0.0722. The van der Waals surface area contributed by atoms with E-state index in [1.165, 1.54) is 0 Å². The van der Waals surface area contributed by atoms with Crippen molar-refractivity contribution in [1.82, 2.24) is 15.2 Å². The molecule has 1 aliphatic rings. The minimum Gasteiger partial charge on any atom is -0.454 e. The number of ether oxygens (including phenoxy) is 2. The molecule has 0 aliphatic carbocycles. The molecule has 4 rings (SSSR count). The lowest BCUT2D eigenvalue weighted by Crippen LogP contribution is -2.41. The molecule has 2 amide bonds. The highest BCUT2D eigenvalue weighted by molar-refractivity contribution is 6.30. The van der Waals surface area contributed by atoms with Crippen molar-refractivity contribution in [3.8, 4) is 11.5 Å². The topological polar surface area (TPSA) is 80.8 Å². The maximum atomic E-state index is 13.3. The molecule has 8 heteroatoms. The number of amides is 2. The van der Waals surface area contributed by atoms with Crippen molar-refractivity contribution in [1.29, 1.82) is 0 Å². The molecule has 1 atom stereocenters. The number of carbonyl (C=O) groups excluding carboxylic acids is 2. The number of hydrogen-bond donors (Lipinski definition) is 1. The second-order valence-corrected chi connectivity index (χ2v) is 8.16. The molecule has 3 aromatic rings. The van der Waals surface area contributed by atoms with Crippen molar-refractivity contribution in [3.63, 3.8) is 0 Å². The second-order valence-electron chi connectivity index (χ2n) is 7.73. The Hall–Kier alpha value is -3.58. The van der Waals surface area contributed by atoms with Crippen molar-refractivity contribution >= 4 is 23.4 Å². The third-order valence-corrected chi connectivity index (χ3v) is 5.78. The lowest BCUT2D eigenvalue weighted by Gasteiger charge is -2.29. The van der Waals surface area contributed by atoms with E-state index in [1.807, 2.05) is 24.3 Å². The van der Waals surface area contributed by atoms with Crippen LogP contribution in [0, 0.1) is 0 Å². The summed E-state index contributed by atoms with van der Waals surface area (Å²) in [5.74, 6) is 0.809. The van der Waals surface area contributed by atoms with Crippen molar-refractivity contribution < 1.29 is 19.1 Å². The molecule has 0 spiro atoms. The zero-order valence-electron chi connectivity index (χ0n) is 18.2. The van der Waals surface area contributed by atoms with E-state index in [9.17, 15) is 9.59 Å². The first-order valence-corrected chi connectivity index (χ1v) is 11.0. The van der Waals surface area contributed by atoms with Crippen LogP contribution in [0.25, 0.3) is 0 Å². The van der Waals surface area contributed by atoms with Crippen LogP contribution >= 0.6 is 11.6 Å². The summed E-state index contributed by atoms with van der Waals surface area (Å²) in [6.07, 6.45) is 2.76. The van der Waals surface area contributed by atoms with Crippen LogP contribution in [-0.2, 0) is 6.42 Å². The molecule has 0 saturated heterocycles. The maximum Gasteiger partial charge on any atom is 0.269 e. The van der Waals surface area contributed by atoms with Crippen LogP contribution in [0.3, 0.4) is 0 Å². The molecular formula is C25H24ClN3O4. The number of nitrogens with zero attached hydrogens (tertiary/aromatic N) is 2. The Balaban J connectivity index is 1.46. The van der Waals surface area contributed by atoms with Crippen molar-refractivity contribution in [2.24, 2.45) is 0 Å². The minimum absolute atomic E-state index is 0.136. The van der Waals surface area contributed by atoms with Gasteiger partial charge in [-0.1, -0.05) is 29.8 Å². The van der Waals surface area contributed by atoms with E-state index < -0.39 is 0 Å². The Kier molecular flexibility index (Phi) is 7.10. The van der Waals surface area contributed by atoms with Crippen LogP contribution in [0.5, 0.6) is 11.5 Å². The van der Waals surface area contributed by atoms with Crippen LogP contribution in [0.1, 0.15) is 32.8 Å². The Morgan fingerprint density at radius 3 is 2.64 bits per heavy atom. The molecule has 1 aliphatic heterocycles. The fourth-order valence-corrected chi connectivity index (χ4v) is 3.79. The molecular weight excluding hydrogens is 442 g/mol. The summed E-state index contributed by atoms with van der Waals surface area (Å²) in [4.78, 5) is 31.4. The number of hydrogen-bond acceptors (Lipinski definition) is 5. The molecule has 0 radical (unpaired) electrons. The smallest absolute Gasteiger partial charge is 0.269 e. The largest absolute Gasteiger partial charge is 0.454 e. The molecule has 0 saturated carbocycles. The Morgan fingerprint density at radius 1 is 1.09 bits per heavy atom. The first kappa shape index (κ1) is 22.6. The number of likely N-dealkylation sites (N-methyl/N-ethyl adjacent to an activating group) is 1. The number of aromatic nitrogens is 1. The molecule has 170 valence electrons. The molecule has 0 fully saturated rings. The highest BCUT2D eigenvalue weighted by atomic mass is 35.5. The van der Waals surface area contributed by atoms with Gasteiger partial charge >= 0.3 is 0 Å². The molecule has 1 N–H and O–H groups in total. The van der Waals surface area contributed by atoms with Crippen LogP contribution < -0.4 is 14.8 Å². The predicted octanol–water partition coefficient (Wildman–Crippen LogP) is 3.97. The predicted molar refractivity (Wildman–Crippen MR) is 125 cm³/mol. The van der Waals surface area contributed by atoms with Crippen LogP contribution in [-0.4, -0.2) is 48.1 Å². The summed E-state index contributed by atoms with van der Waals surface area (Å²) in [7, 11) is 1.77. The van der Waals surface area contributed by atoms with E-state index in [0.717, 1.165) is 5.56 Å². The van der Waals surface area contributed by atoms with E-state index in [4.69, 9.17) is 21.1 Å². The van der Waals surface area contributed by atoms with Gasteiger partial charge in [-0.2, -0.15) is 0 Å². The second kappa shape index (κ2) is 10.4. The van der Waals surface area contributed by atoms with Crippen molar-refractivity contribution in [3.05, 3.63) is 88.7 Å². The van der Waals surface area contributed by atoms with E-state index in [1.54, 1.807) is 54.5 Å². The van der Waals surface area contributed by atoms with Crippen LogP contribution in [0.4, 0.5) is 0 Å². The number of nitrogens with one attached hydrogen (secondary N) is 1. The van der Waals surface area contributed by atoms with Gasteiger partial charge in [0.1, 0.15) is 5.69 Å². The number of rotatable bonds is 8. The average molecular weight is 466 g/mol. The third-order valence-electron chi connectivity index (χ3n) is 5.53. The molecule has 1 unspecified atom stereocenters. The van der Waals surface area contributed by atoms with Gasteiger partial charge in [-0.15, -0.1) is 0 Å². The molecule has 2 aromatic carbocycles. The molecule has 7 nitrogen and oxygen atoms in total. The van der Waals surface area contributed by atoms with Gasteiger partial charge in [0.25, 0.3) is 11.8 Å². The highest BCUT2D eigenvalue weighted by Gasteiger charge is 2.24. The van der Waals surface area contributed by atoms with E-state index >= 15 is 0 Å². The highest BCUT2D eigenvalue weighted by Crippen LogP contribution is 2.33. The van der Waals surface area contributed by atoms with Gasteiger partial charge in [-0.25, -0.2) is 0 Å². The fourth-order valence-electron chi connectivity index (χ4n) is 3.66. The molecule has 0 bridgehead atoms. The third kappa shape index (κ3) is 5.62. The van der Waals surface area contributed by atoms with E-state index in [0.29, 0.717) is 47.2 Å². The van der Waals surface area contributed by atoms with Gasteiger partial charge < -0.3 is 19.7 Å². The Labute approximate surface area is 197 Å². The SMILES string of the molecule is CN(C(=O)c1ccc2c(c1)OCO2)C(CCNC(=O)c1ccccn1)Cc1ccc(Cl)cc1. The zero-order chi connectivity index (χ0) is 23.2. The number of carbonyl (C=O) groups is 2. The summed E-state index contributed by atoms with van der Waals surface area (Å²) in [6.45, 7) is 0.546. The van der Waals surface area contributed by atoms with Gasteiger partial charge in [0, 0.05) is 36.4 Å². The van der Waals surface area contributed by atoms with E-state index in [-0.39, 0.29) is 24.6 Å². The van der Waals surface area contributed by atoms with Crippen LogP contribution in [0.15, 0.2) is 66.9 Å². The van der Waals surface area contributed by atoms with Gasteiger partial charge in [0.15, 0.2) is 11.5 Å². The van der Waals surface area contributed by atoms with E-state index in [2.05, 4.69) is 10.3 Å². The van der Waals surface area contributed by atoms with Crippen LogP contribution in [0.2, 0.25) is 5.02 Å². The Morgan fingerprint density at radius 2 is 1.88 bits per heavy atom. The zero-order valence-corrected chi connectivity index (χ0v) is 18.9. The fraction of sp³-hybridized carbons (Fsp3) is 0.240. The van der Waals surface area contributed by atoms with Gasteiger partial charge in [-0.3, -0.25) is 14.6 Å². The number of pyridine rings is 1. The Bertz CT molecular complexity index is 1120. The molecule has 2 heterocycles. The normalized spacial score (nSPS) is 12.8. The van der Waals surface area contributed by atoms with Gasteiger partial charge in [0.2, 0.25) is 6.79 Å². The lowest BCUT2D eigenvalue weighted by atomic mass is 10.0. The summed E-state index contributed by atoms with van der Waals surface area (Å²) in [5, 5.41) is 3.55. The van der Waals surface area contributed by atoms with Gasteiger partial charge in [-0.05, 0) is 60.9 Å². The summed E-state index contributed by atoms with van der Waals surface area (Å²) in [5.41, 5.74) is 1.92. The van der Waals surface area contributed by atoms with Gasteiger partial charge in [0.05, 0.1) is 0 Å². The molecule has 1 aromatic heterocycles. The quantitative estimate of drug-likeness (QED) is 0.544. The minimum atomic E-state index is -0.245. The van der Waals surface area contributed by atoms with Crippen molar-refractivity contribution in [2.45, 2.75) is 18.9 Å². The summed E-state index contributed by atoms with van der Waals surface area (Å²) in [6, 6.07) is 17.7. The first-order chi connectivity index (χ1) is 16.0. The average Bonchev–Trinajstić information content (AvgIpc) is 3.32. The first-order valence-electron chi connectivity index (χ1n) is 10.6. The number of benzene rings is 2. The summed E-state index contributed by atoms with van der Waals surface area (Å²) >= 11 is 6.02. The van der Waals surface area contributed by atoms with Crippen molar-refractivity contribution in [2.75, 3.05) is 20.4 Å². The molecule has 33 heavy (non-hydrogen) atoms. The number of halogens is 1.